The van der Waals surface area contributed by atoms with Gasteiger partial charge in [-0.1, -0.05) is 19.4 Å². The van der Waals surface area contributed by atoms with E-state index in [0.717, 1.165) is 18.5 Å². The van der Waals surface area contributed by atoms with Crippen molar-refractivity contribution in [2.24, 2.45) is 0 Å². The lowest BCUT2D eigenvalue weighted by atomic mass is 10.1. The summed E-state index contributed by atoms with van der Waals surface area (Å²) in [6.45, 7) is 4.55. The largest absolute Gasteiger partial charge is 0.371 e. The number of hydrogen-bond acceptors (Lipinski definition) is 3. The number of aromatic nitrogens is 1. The van der Waals surface area contributed by atoms with Gasteiger partial charge in [0.2, 0.25) is 0 Å². The third-order valence-corrected chi connectivity index (χ3v) is 2.36. The van der Waals surface area contributed by atoms with Gasteiger partial charge in [-0.15, -0.1) is 0 Å². The highest BCUT2D eigenvalue weighted by Gasteiger charge is 2.17. The van der Waals surface area contributed by atoms with E-state index >= 15 is 0 Å². The van der Waals surface area contributed by atoms with Crippen LogP contribution in [0.2, 0.25) is 0 Å². The lowest BCUT2D eigenvalue weighted by Gasteiger charge is -2.14. The predicted molar refractivity (Wildman–Crippen MR) is 63.3 cm³/mol. The fraction of sp³-hybridized carbons (Fsp3) is 0.538. The van der Waals surface area contributed by atoms with Crippen LogP contribution in [0.5, 0.6) is 0 Å². The van der Waals surface area contributed by atoms with Crippen molar-refractivity contribution >= 4 is 5.78 Å². The van der Waals surface area contributed by atoms with E-state index in [-0.39, 0.29) is 11.9 Å². The average molecular weight is 221 g/mol. The molecule has 1 rings (SSSR count). The molecule has 0 aliphatic carbocycles. The lowest BCUT2D eigenvalue weighted by Crippen LogP contribution is -2.26. The third-order valence-electron chi connectivity index (χ3n) is 2.36. The van der Waals surface area contributed by atoms with Crippen LogP contribution in [-0.2, 0) is 16.0 Å². The second kappa shape index (κ2) is 7.12. The maximum atomic E-state index is 11.9. The van der Waals surface area contributed by atoms with Crippen LogP contribution in [0.3, 0.4) is 0 Å². The number of nitrogens with zero attached hydrogens (tertiary/aromatic N) is 1. The molecule has 1 heterocycles. The highest BCUT2D eigenvalue weighted by Crippen LogP contribution is 2.07. The van der Waals surface area contributed by atoms with Crippen LogP contribution >= 0.6 is 0 Å². The monoisotopic (exact) mass is 221 g/mol. The maximum absolute atomic E-state index is 11.9. The number of Topliss-reactive ketones (excluding diaryl/α,β-unsaturated/α-hetero) is 1. The van der Waals surface area contributed by atoms with Gasteiger partial charge in [0.05, 0.1) is 6.42 Å². The van der Waals surface area contributed by atoms with Crippen molar-refractivity contribution < 1.29 is 9.53 Å². The first-order valence-corrected chi connectivity index (χ1v) is 5.82. The maximum Gasteiger partial charge on any atom is 0.167 e. The van der Waals surface area contributed by atoms with Crippen molar-refractivity contribution in [3.8, 4) is 0 Å². The standard InChI is InChI=1S/C13H19NO2/c1-3-7-13(16-4-2)12(15)10-11-8-5-6-9-14-11/h5-6,8-9,13H,3-4,7,10H2,1-2H3. The molecule has 0 saturated carbocycles. The number of ether oxygens (including phenoxy) is 1. The molecule has 3 heteroatoms. The second-order valence-corrected chi connectivity index (χ2v) is 3.70. The normalized spacial score (nSPS) is 12.4. The Balaban J connectivity index is 2.55. The van der Waals surface area contributed by atoms with Gasteiger partial charge < -0.3 is 4.74 Å². The summed E-state index contributed by atoms with van der Waals surface area (Å²) in [5.74, 6) is 0.127. The van der Waals surface area contributed by atoms with Crippen molar-refractivity contribution in [3.63, 3.8) is 0 Å². The number of carbonyl (C=O) groups excluding carboxylic acids is 1. The number of rotatable bonds is 7. The number of hydrogen-bond donors (Lipinski definition) is 0. The Labute approximate surface area is 96.8 Å². The minimum Gasteiger partial charge on any atom is -0.371 e. The Hall–Kier alpha value is -1.22. The summed E-state index contributed by atoms with van der Waals surface area (Å²) < 4.78 is 5.44. The second-order valence-electron chi connectivity index (χ2n) is 3.70. The average Bonchev–Trinajstić information content (AvgIpc) is 2.30. The van der Waals surface area contributed by atoms with Crippen LogP contribution in [0, 0.1) is 0 Å². The number of carbonyl (C=O) groups is 1. The zero-order chi connectivity index (χ0) is 11.8. The van der Waals surface area contributed by atoms with E-state index in [1.165, 1.54) is 0 Å². The minimum atomic E-state index is -0.267. The molecule has 0 saturated heterocycles. The molecular weight excluding hydrogens is 202 g/mol. The summed E-state index contributed by atoms with van der Waals surface area (Å²) in [7, 11) is 0. The van der Waals surface area contributed by atoms with Crippen LogP contribution in [0.4, 0.5) is 0 Å². The smallest absolute Gasteiger partial charge is 0.167 e. The van der Waals surface area contributed by atoms with E-state index in [4.69, 9.17) is 4.74 Å². The number of pyridine rings is 1. The molecule has 1 atom stereocenters. The van der Waals surface area contributed by atoms with Crippen LogP contribution in [-0.4, -0.2) is 23.5 Å². The molecule has 0 bridgehead atoms. The molecule has 88 valence electrons. The van der Waals surface area contributed by atoms with Gasteiger partial charge in [0, 0.05) is 18.5 Å². The molecule has 0 fully saturated rings. The Morgan fingerprint density at radius 2 is 2.25 bits per heavy atom. The SMILES string of the molecule is CCCC(OCC)C(=O)Cc1ccccn1. The van der Waals surface area contributed by atoms with E-state index in [0.29, 0.717) is 13.0 Å². The van der Waals surface area contributed by atoms with E-state index < -0.39 is 0 Å². The molecule has 1 aromatic rings. The lowest BCUT2D eigenvalue weighted by molar-refractivity contribution is -0.130. The van der Waals surface area contributed by atoms with Gasteiger partial charge in [0.1, 0.15) is 6.10 Å². The highest BCUT2D eigenvalue weighted by molar-refractivity contribution is 5.84. The number of ketones is 1. The predicted octanol–water partition coefficient (Wildman–Crippen LogP) is 2.40. The highest BCUT2D eigenvalue weighted by atomic mass is 16.5. The molecule has 0 aliphatic rings. The summed E-state index contributed by atoms with van der Waals surface area (Å²) in [5, 5.41) is 0. The molecule has 0 spiro atoms. The van der Waals surface area contributed by atoms with E-state index in [1.807, 2.05) is 25.1 Å². The summed E-state index contributed by atoms with van der Waals surface area (Å²) in [4.78, 5) is 16.1. The minimum absolute atomic E-state index is 0.127. The summed E-state index contributed by atoms with van der Waals surface area (Å²) in [6.07, 6.45) is 3.55. The van der Waals surface area contributed by atoms with Gasteiger partial charge in [-0.25, -0.2) is 0 Å². The van der Waals surface area contributed by atoms with Gasteiger partial charge in [-0.05, 0) is 25.5 Å². The first-order chi connectivity index (χ1) is 7.77. The Kier molecular flexibility index (Phi) is 5.72. The molecule has 1 aromatic heterocycles. The fourth-order valence-electron chi connectivity index (χ4n) is 1.60. The van der Waals surface area contributed by atoms with Gasteiger partial charge in [-0.3, -0.25) is 9.78 Å². The molecule has 3 nitrogen and oxygen atoms in total. The molecular formula is C13H19NO2. The van der Waals surface area contributed by atoms with Crippen molar-refractivity contribution in [2.75, 3.05) is 6.61 Å². The molecule has 0 amide bonds. The molecule has 16 heavy (non-hydrogen) atoms. The van der Waals surface area contributed by atoms with Crippen molar-refractivity contribution in [1.29, 1.82) is 0 Å². The Bertz CT molecular complexity index is 305. The van der Waals surface area contributed by atoms with Gasteiger partial charge >= 0.3 is 0 Å². The van der Waals surface area contributed by atoms with Gasteiger partial charge in [0.25, 0.3) is 0 Å². The molecule has 1 unspecified atom stereocenters. The zero-order valence-corrected chi connectivity index (χ0v) is 9.98. The topological polar surface area (TPSA) is 39.2 Å². The van der Waals surface area contributed by atoms with E-state index in [1.54, 1.807) is 6.20 Å². The van der Waals surface area contributed by atoms with Crippen molar-refractivity contribution in [2.45, 2.75) is 39.2 Å². The van der Waals surface area contributed by atoms with Crippen LogP contribution in [0.25, 0.3) is 0 Å². The van der Waals surface area contributed by atoms with E-state index in [9.17, 15) is 4.79 Å². The summed E-state index contributed by atoms with van der Waals surface area (Å²) in [6, 6.07) is 5.61. The first kappa shape index (κ1) is 12.8. The first-order valence-electron chi connectivity index (χ1n) is 5.82. The van der Waals surface area contributed by atoms with Gasteiger partial charge in [0.15, 0.2) is 5.78 Å². The fourth-order valence-corrected chi connectivity index (χ4v) is 1.60. The third kappa shape index (κ3) is 4.11. The Morgan fingerprint density at radius 3 is 2.81 bits per heavy atom. The summed E-state index contributed by atoms with van der Waals surface area (Å²) in [5.41, 5.74) is 0.813. The Morgan fingerprint density at radius 1 is 1.44 bits per heavy atom. The van der Waals surface area contributed by atoms with Gasteiger partial charge in [-0.2, -0.15) is 0 Å². The summed E-state index contributed by atoms with van der Waals surface area (Å²) >= 11 is 0. The van der Waals surface area contributed by atoms with Crippen LogP contribution in [0.15, 0.2) is 24.4 Å². The molecule has 0 aromatic carbocycles. The quantitative estimate of drug-likeness (QED) is 0.709. The van der Waals surface area contributed by atoms with E-state index in [2.05, 4.69) is 11.9 Å². The van der Waals surface area contributed by atoms with Crippen LogP contribution < -0.4 is 0 Å². The van der Waals surface area contributed by atoms with Crippen molar-refractivity contribution in [1.82, 2.24) is 4.98 Å². The molecule has 0 aliphatic heterocycles. The van der Waals surface area contributed by atoms with Crippen LogP contribution in [0.1, 0.15) is 32.4 Å². The molecule has 0 N–H and O–H groups in total. The zero-order valence-electron chi connectivity index (χ0n) is 9.98. The van der Waals surface area contributed by atoms with Crippen molar-refractivity contribution in [3.05, 3.63) is 30.1 Å². The molecule has 0 radical (unpaired) electrons.